The van der Waals surface area contributed by atoms with Crippen molar-refractivity contribution in [2.24, 2.45) is 0 Å². The van der Waals surface area contributed by atoms with Crippen LogP contribution in [0.25, 0.3) is 0 Å². The zero-order valence-electron chi connectivity index (χ0n) is 16.8. The van der Waals surface area contributed by atoms with Crippen LogP contribution >= 0.6 is 0 Å². The lowest BCUT2D eigenvalue weighted by Crippen LogP contribution is -2.12. The molecule has 4 rings (SSSR count). The van der Waals surface area contributed by atoms with Gasteiger partial charge in [0.1, 0.15) is 5.75 Å². The quantitative estimate of drug-likeness (QED) is 0.334. The number of esters is 1. The van der Waals surface area contributed by atoms with Crippen LogP contribution in [0, 0.1) is 0 Å². The normalized spacial score (nSPS) is 10.2. The average molecular weight is 426 g/mol. The highest BCUT2D eigenvalue weighted by Gasteiger charge is 2.12. The first-order chi connectivity index (χ1) is 15.6. The van der Waals surface area contributed by atoms with E-state index in [4.69, 9.17) is 9.15 Å². The minimum Gasteiger partial charge on any atom is -0.459 e. The van der Waals surface area contributed by atoms with E-state index in [0.29, 0.717) is 28.3 Å². The van der Waals surface area contributed by atoms with Crippen LogP contribution in [0.1, 0.15) is 31.3 Å². The second-order valence-electron chi connectivity index (χ2n) is 6.74. The van der Waals surface area contributed by atoms with Gasteiger partial charge in [0.15, 0.2) is 5.76 Å². The molecule has 3 aromatic carbocycles. The molecule has 0 atom stereocenters. The third-order valence-corrected chi connectivity index (χ3v) is 4.48. The molecule has 7 heteroatoms. The fraction of sp³-hybridized carbons (Fsp3) is 0. The molecule has 0 bridgehead atoms. The van der Waals surface area contributed by atoms with Crippen molar-refractivity contribution in [3.8, 4) is 5.75 Å². The Bertz CT molecular complexity index is 1220. The lowest BCUT2D eigenvalue weighted by Gasteiger charge is -2.08. The highest BCUT2D eigenvalue weighted by molar-refractivity contribution is 6.04. The van der Waals surface area contributed by atoms with Gasteiger partial charge in [-0.15, -0.1) is 0 Å². The van der Waals surface area contributed by atoms with Gasteiger partial charge >= 0.3 is 5.97 Å². The van der Waals surface area contributed by atoms with Crippen molar-refractivity contribution >= 4 is 29.2 Å². The average Bonchev–Trinajstić information content (AvgIpc) is 3.37. The molecule has 158 valence electrons. The number of nitrogens with one attached hydrogen (secondary N) is 2. The van der Waals surface area contributed by atoms with Crippen molar-refractivity contribution in [2.75, 3.05) is 10.6 Å². The molecule has 1 aromatic heterocycles. The van der Waals surface area contributed by atoms with Gasteiger partial charge in [0, 0.05) is 16.9 Å². The van der Waals surface area contributed by atoms with Crippen LogP contribution in [-0.4, -0.2) is 17.8 Å². The number of hydrogen-bond donors (Lipinski definition) is 2. The number of carbonyl (C=O) groups is 3. The summed E-state index contributed by atoms with van der Waals surface area (Å²) < 4.78 is 10.4. The molecule has 7 nitrogen and oxygen atoms in total. The molecule has 0 radical (unpaired) electrons. The number of hydrogen-bond acceptors (Lipinski definition) is 5. The molecule has 2 N–H and O–H groups in total. The number of furan rings is 1. The van der Waals surface area contributed by atoms with Gasteiger partial charge in [-0.1, -0.05) is 18.2 Å². The third kappa shape index (κ3) is 5.09. The van der Waals surface area contributed by atoms with Gasteiger partial charge in [-0.25, -0.2) is 4.79 Å². The number of ether oxygens (including phenoxy) is 1. The molecule has 0 aliphatic rings. The predicted octanol–water partition coefficient (Wildman–Crippen LogP) is 5.00. The zero-order chi connectivity index (χ0) is 22.3. The summed E-state index contributed by atoms with van der Waals surface area (Å²) in [4.78, 5) is 36.6. The van der Waals surface area contributed by atoms with Crippen LogP contribution in [0.2, 0.25) is 0 Å². The summed E-state index contributed by atoms with van der Waals surface area (Å²) in [6.07, 6.45) is 1.41. The van der Waals surface area contributed by atoms with Crippen molar-refractivity contribution in [1.82, 2.24) is 0 Å². The Kier molecular flexibility index (Phi) is 6.08. The highest BCUT2D eigenvalue weighted by atomic mass is 16.5. The highest BCUT2D eigenvalue weighted by Crippen LogP contribution is 2.19. The smallest absolute Gasteiger partial charge is 0.343 e. The SMILES string of the molecule is O=C(Nc1ccc(OC(=O)c2ccc(NC(=O)c3ccco3)cc2)cc1)c1ccccc1. The molecule has 0 spiro atoms. The summed E-state index contributed by atoms with van der Waals surface area (Å²) >= 11 is 0. The number of rotatable bonds is 6. The first-order valence-electron chi connectivity index (χ1n) is 9.72. The standard InChI is InChI=1S/C25H18N2O5/c28-23(17-5-2-1-3-6-17)26-20-12-14-21(15-13-20)32-25(30)18-8-10-19(11-9-18)27-24(29)22-7-4-16-31-22/h1-16H,(H,26,28)(H,27,29). The van der Waals surface area contributed by atoms with Crippen molar-refractivity contribution in [2.45, 2.75) is 0 Å². The van der Waals surface area contributed by atoms with Gasteiger partial charge in [-0.2, -0.15) is 0 Å². The molecule has 0 unspecified atom stereocenters. The molecular weight excluding hydrogens is 408 g/mol. The van der Waals surface area contributed by atoms with E-state index in [-0.39, 0.29) is 17.6 Å². The second-order valence-corrected chi connectivity index (χ2v) is 6.74. The summed E-state index contributed by atoms with van der Waals surface area (Å²) in [7, 11) is 0. The summed E-state index contributed by atoms with van der Waals surface area (Å²) in [5.74, 6) is -0.630. The fourth-order valence-electron chi connectivity index (χ4n) is 2.86. The van der Waals surface area contributed by atoms with Gasteiger partial charge in [-0.3, -0.25) is 9.59 Å². The lowest BCUT2D eigenvalue weighted by atomic mass is 10.2. The van der Waals surface area contributed by atoms with Crippen LogP contribution in [0.15, 0.2) is 102 Å². The van der Waals surface area contributed by atoms with Crippen LogP contribution in [0.4, 0.5) is 11.4 Å². The van der Waals surface area contributed by atoms with Gasteiger partial charge in [-0.05, 0) is 72.8 Å². The van der Waals surface area contributed by atoms with E-state index < -0.39 is 5.97 Å². The third-order valence-electron chi connectivity index (χ3n) is 4.48. The van der Waals surface area contributed by atoms with Crippen molar-refractivity contribution in [3.05, 3.63) is 114 Å². The molecular formula is C25H18N2O5. The molecule has 2 amide bonds. The Hall–Kier alpha value is -4.65. The monoisotopic (exact) mass is 426 g/mol. The van der Waals surface area contributed by atoms with Crippen LogP contribution in [-0.2, 0) is 0 Å². The number of benzene rings is 3. The lowest BCUT2D eigenvalue weighted by molar-refractivity contribution is 0.0734. The van der Waals surface area contributed by atoms with Gasteiger partial charge in [0.25, 0.3) is 11.8 Å². The summed E-state index contributed by atoms with van der Waals surface area (Å²) in [6.45, 7) is 0. The van der Waals surface area contributed by atoms with E-state index in [2.05, 4.69) is 10.6 Å². The summed E-state index contributed by atoms with van der Waals surface area (Å²) in [5, 5.41) is 5.46. The zero-order valence-corrected chi connectivity index (χ0v) is 16.8. The van der Waals surface area contributed by atoms with Crippen molar-refractivity contribution in [3.63, 3.8) is 0 Å². The van der Waals surface area contributed by atoms with Crippen LogP contribution in [0.3, 0.4) is 0 Å². The minimum atomic E-state index is -0.546. The molecule has 4 aromatic rings. The maximum Gasteiger partial charge on any atom is 0.343 e. The Labute approximate surface area is 183 Å². The molecule has 32 heavy (non-hydrogen) atoms. The van der Waals surface area contributed by atoms with Gasteiger partial charge in [0.05, 0.1) is 11.8 Å². The van der Waals surface area contributed by atoms with E-state index in [0.717, 1.165) is 0 Å². The second kappa shape index (κ2) is 9.44. The number of carbonyl (C=O) groups excluding carboxylic acids is 3. The Morgan fingerprint density at radius 3 is 1.88 bits per heavy atom. The number of anilines is 2. The topological polar surface area (TPSA) is 97.6 Å². The van der Waals surface area contributed by atoms with Crippen LogP contribution < -0.4 is 15.4 Å². The molecule has 0 saturated heterocycles. The Morgan fingerprint density at radius 2 is 1.25 bits per heavy atom. The van der Waals surface area contributed by atoms with Crippen molar-refractivity contribution < 1.29 is 23.5 Å². The van der Waals surface area contributed by atoms with Gasteiger partial charge in [0.2, 0.25) is 0 Å². The Balaban J connectivity index is 1.33. The van der Waals surface area contributed by atoms with Crippen LogP contribution in [0.5, 0.6) is 5.75 Å². The number of amides is 2. The first-order valence-corrected chi connectivity index (χ1v) is 9.72. The van der Waals surface area contributed by atoms with E-state index >= 15 is 0 Å². The van der Waals surface area contributed by atoms with Gasteiger partial charge < -0.3 is 19.8 Å². The van der Waals surface area contributed by atoms with E-state index in [1.807, 2.05) is 6.07 Å². The molecule has 0 aliphatic heterocycles. The fourth-order valence-corrected chi connectivity index (χ4v) is 2.86. The molecule has 0 aliphatic carbocycles. The van der Waals surface area contributed by atoms with E-state index in [1.54, 1.807) is 84.9 Å². The predicted molar refractivity (Wildman–Crippen MR) is 119 cm³/mol. The van der Waals surface area contributed by atoms with Crippen molar-refractivity contribution in [1.29, 1.82) is 0 Å². The summed E-state index contributed by atoms with van der Waals surface area (Å²) in [5.41, 5.74) is 1.96. The Morgan fingerprint density at radius 1 is 0.625 bits per heavy atom. The van der Waals surface area contributed by atoms with E-state index in [1.165, 1.54) is 6.26 Å². The molecule has 1 heterocycles. The minimum absolute atomic E-state index is 0.192. The summed E-state index contributed by atoms with van der Waals surface area (Å²) in [6, 6.07) is 24.8. The largest absolute Gasteiger partial charge is 0.459 e. The maximum atomic E-state index is 12.4. The first kappa shape index (κ1) is 20.6. The van der Waals surface area contributed by atoms with E-state index in [9.17, 15) is 14.4 Å². The molecule has 0 fully saturated rings. The maximum absolute atomic E-state index is 12.4. The molecule has 0 saturated carbocycles.